The van der Waals surface area contributed by atoms with Crippen LogP contribution in [0, 0.1) is 17.1 Å². The SMILES string of the molecule is N#Cc1cc(C(F)(F)F)ccc1Oc1cc(F)cc(Br)c1. The lowest BCUT2D eigenvalue weighted by Gasteiger charge is -2.11. The van der Waals surface area contributed by atoms with Crippen molar-refractivity contribution >= 4 is 15.9 Å². The molecule has 0 spiro atoms. The number of hydrogen-bond acceptors (Lipinski definition) is 2. The van der Waals surface area contributed by atoms with Crippen LogP contribution < -0.4 is 4.74 Å². The molecule has 108 valence electrons. The van der Waals surface area contributed by atoms with E-state index in [4.69, 9.17) is 10.00 Å². The minimum atomic E-state index is -4.55. The smallest absolute Gasteiger partial charge is 0.416 e. The summed E-state index contributed by atoms with van der Waals surface area (Å²) in [6, 6.07) is 7.83. The Kier molecular flexibility index (Phi) is 4.19. The summed E-state index contributed by atoms with van der Waals surface area (Å²) in [7, 11) is 0. The predicted octanol–water partition coefficient (Wildman–Crippen LogP) is 5.27. The number of ether oxygens (including phenoxy) is 1. The van der Waals surface area contributed by atoms with Gasteiger partial charge in [0.15, 0.2) is 0 Å². The standard InChI is InChI=1S/C14H6BrF4NO/c15-10-4-11(16)6-12(5-10)21-13-2-1-9(14(17,18)19)3-8(13)7-20/h1-6H. The van der Waals surface area contributed by atoms with Crippen molar-refractivity contribution < 1.29 is 22.3 Å². The summed E-state index contributed by atoms with van der Waals surface area (Å²) in [4.78, 5) is 0. The fraction of sp³-hybridized carbons (Fsp3) is 0.0714. The highest BCUT2D eigenvalue weighted by molar-refractivity contribution is 9.10. The Bertz CT molecular complexity index is 702. The number of benzene rings is 2. The molecule has 0 radical (unpaired) electrons. The lowest BCUT2D eigenvalue weighted by Crippen LogP contribution is -2.05. The number of nitriles is 1. The van der Waals surface area contributed by atoms with Gasteiger partial charge in [0.1, 0.15) is 23.4 Å². The van der Waals surface area contributed by atoms with Crippen LogP contribution in [0.4, 0.5) is 17.6 Å². The van der Waals surface area contributed by atoms with Crippen molar-refractivity contribution in [1.82, 2.24) is 0 Å². The first-order valence-corrected chi connectivity index (χ1v) is 6.34. The molecule has 0 atom stereocenters. The number of nitrogens with zero attached hydrogens (tertiary/aromatic N) is 1. The van der Waals surface area contributed by atoms with E-state index in [-0.39, 0.29) is 17.1 Å². The Morgan fingerprint density at radius 2 is 1.81 bits per heavy atom. The molecule has 2 nitrogen and oxygen atoms in total. The van der Waals surface area contributed by atoms with Crippen LogP contribution in [0.3, 0.4) is 0 Å². The Labute approximate surface area is 125 Å². The van der Waals surface area contributed by atoms with Crippen LogP contribution in [-0.4, -0.2) is 0 Å². The van der Waals surface area contributed by atoms with Crippen molar-refractivity contribution in [2.45, 2.75) is 6.18 Å². The van der Waals surface area contributed by atoms with Gasteiger partial charge in [0.05, 0.1) is 11.1 Å². The Hall–Kier alpha value is -2.07. The van der Waals surface area contributed by atoms with E-state index in [0.29, 0.717) is 10.5 Å². The average molecular weight is 360 g/mol. The van der Waals surface area contributed by atoms with Crippen LogP contribution in [0.1, 0.15) is 11.1 Å². The number of halogens is 5. The van der Waals surface area contributed by atoms with E-state index in [0.717, 1.165) is 18.2 Å². The summed E-state index contributed by atoms with van der Waals surface area (Å²) in [5, 5.41) is 8.92. The van der Waals surface area contributed by atoms with Gasteiger partial charge in [0.2, 0.25) is 0 Å². The second-order valence-electron chi connectivity index (χ2n) is 4.03. The highest BCUT2D eigenvalue weighted by atomic mass is 79.9. The van der Waals surface area contributed by atoms with E-state index in [2.05, 4.69) is 15.9 Å². The van der Waals surface area contributed by atoms with Gasteiger partial charge in [-0.05, 0) is 30.3 Å². The van der Waals surface area contributed by atoms with Gasteiger partial charge < -0.3 is 4.74 Å². The lowest BCUT2D eigenvalue weighted by atomic mass is 10.1. The summed E-state index contributed by atoms with van der Waals surface area (Å²) in [6.07, 6.45) is -4.55. The second-order valence-corrected chi connectivity index (χ2v) is 4.94. The molecule has 0 aromatic heterocycles. The maximum absolute atomic E-state index is 13.2. The summed E-state index contributed by atoms with van der Waals surface area (Å²) < 4.78 is 56.6. The molecule has 0 aliphatic carbocycles. The van der Waals surface area contributed by atoms with Gasteiger partial charge in [-0.3, -0.25) is 0 Å². The Balaban J connectivity index is 2.39. The molecule has 0 heterocycles. The quantitative estimate of drug-likeness (QED) is 0.684. The topological polar surface area (TPSA) is 33.0 Å². The average Bonchev–Trinajstić information content (AvgIpc) is 2.36. The summed E-state index contributed by atoms with van der Waals surface area (Å²) >= 11 is 3.07. The molecule has 0 fully saturated rings. The Morgan fingerprint density at radius 3 is 2.38 bits per heavy atom. The van der Waals surface area contributed by atoms with E-state index in [1.165, 1.54) is 12.1 Å². The monoisotopic (exact) mass is 359 g/mol. The third kappa shape index (κ3) is 3.73. The van der Waals surface area contributed by atoms with E-state index in [9.17, 15) is 17.6 Å². The minimum Gasteiger partial charge on any atom is -0.456 e. The molecule has 0 bridgehead atoms. The van der Waals surface area contributed by atoms with E-state index < -0.39 is 17.6 Å². The molecule has 2 rings (SSSR count). The maximum atomic E-state index is 13.2. The molecule has 0 aliphatic heterocycles. The van der Waals surface area contributed by atoms with Crippen molar-refractivity contribution in [3.05, 3.63) is 57.8 Å². The fourth-order valence-electron chi connectivity index (χ4n) is 1.60. The van der Waals surface area contributed by atoms with Crippen molar-refractivity contribution in [2.24, 2.45) is 0 Å². The molecule has 2 aromatic carbocycles. The minimum absolute atomic E-state index is 0.0677. The zero-order valence-electron chi connectivity index (χ0n) is 10.2. The van der Waals surface area contributed by atoms with Crippen molar-refractivity contribution in [2.75, 3.05) is 0 Å². The first-order valence-electron chi connectivity index (χ1n) is 5.55. The first kappa shape index (κ1) is 15.3. The van der Waals surface area contributed by atoms with Gasteiger partial charge in [0.25, 0.3) is 0 Å². The lowest BCUT2D eigenvalue weighted by molar-refractivity contribution is -0.137. The molecule has 0 amide bonds. The molecular formula is C14H6BrF4NO. The molecule has 0 saturated carbocycles. The summed E-state index contributed by atoms with van der Waals surface area (Å²) in [5.74, 6) is -0.592. The molecule has 2 aromatic rings. The van der Waals surface area contributed by atoms with Crippen LogP contribution in [0.5, 0.6) is 11.5 Å². The van der Waals surface area contributed by atoms with Crippen LogP contribution in [-0.2, 0) is 6.18 Å². The van der Waals surface area contributed by atoms with Gasteiger partial charge in [-0.25, -0.2) is 4.39 Å². The maximum Gasteiger partial charge on any atom is 0.416 e. The molecule has 0 unspecified atom stereocenters. The molecule has 0 aliphatic rings. The fourth-order valence-corrected chi connectivity index (χ4v) is 2.04. The number of alkyl halides is 3. The molecular weight excluding hydrogens is 354 g/mol. The normalized spacial score (nSPS) is 11.0. The third-order valence-electron chi connectivity index (χ3n) is 2.49. The highest BCUT2D eigenvalue weighted by Crippen LogP contribution is 2.34. The third-order valence-corrected chi connectivity index (χ3v) is 2.95. The van der Waals surface area contributed by atoms with Gasteiger partial charge in [0, 0.05) is 10.5 Å². The van der Waals surface area contributed by atoms with Crippen LogP contribution in [0.25, 0.3) is 0 Å². The van der Waals surface area contributed by atoms with Crippen molar-refractivity contribution in [3.63, 3.8) is 0 Å². The van der Waals surface area contributed by atoms with Gasteiger partial charge in [-0.1, -0.05) is 15.9 Å². The predicted molar refractivity (Wildman–Crippen MR) is 70.3 cm³/mol. The molecule has 7 heteroatoms. The largest absolute Gasteiger partial charge is 0.456 e. The van der Waals surface area contributed by atoms with Crippen molar-refractivity contribution in [1.29, 1.82) is 5.26 Å². The van der Waals surface area contributed by atoms with E-state index in [1.54, 1.807) is 6.07 Å². The second kappa shape index (κ2) is 5.74. The van der Waals surface area contributed by atoms with Gasteiger partial charge in [-0.15, -0.1) is 0 Å². The van der Waals surface area contributed by atoms with Crippen molar-refractivity contribution in [3.8, 4) is 17.6 Å². The molecule has 0 N–H and O–H groups in total. The summed E-state index contributed by atoms with van der Waals surface area (Å²) in [6.45, 7) is 0. The van der Waals surface area contributed by atoms with E-state index in [1.807, 2.05) is 0 Å². The van der Waals surface area contributed by atoms with E-state index >= 15 is 0 Å². The zero-order chi connectivity index (χ0) is 15.6. The number of hydrogen-bond donors (Lipinski definition) is 0. The van der Waals surface area contributed by atoms with Crippen LogP contribution in [0.15, 0.2) is 40.9 Å². The van der Waals surface area contributed by atoms with Gasteiger partial charge >= 0.3 is 6.18 Å². The number of rotatable bonds is 2. The Morgan fingerprint density at radius 1 is 1.10 bits per heavy atom. The highest BCUT2D eigenvalue weighted by Gasteiger charge is 2.31. The van der Waals surface area contributed by atoms with Crippen LogP contribution in [0.2, 0.25) is 0 Å². The molecule has 21 heavy (non-hydrogen) atoms. The molecule has 0 saturated heterocycles. The van der Waals surface area contributed by atoms with Gasteiger partial charge in [-0.2, -0.15) is 18.4 Å². The van der Waals surface area contributed by atoms with Crippen LogP contribution >= 0.6 is 15.9 Å². The summed E-state index contributed by atoms with van der Waals surface area (Å²) in [5.41, 5.74) is -1.24. The zero-order valence-corrected chi connectivity index (χ0v) is 11.8. The first-order chi connectivity index (χ1) is 9.79.